The quantitative estimate of drug-likeness (QED) is 0.519. The van der Waals surface area contributed by atoms with Crippen molar-refractivity contribution in [2.75, 3.05) is 6.54 Å². The van der Waals surface area contributed by atoms with Crippen molar-refractivity contribution in [3.8, 4) is 0 Å². The first-order valence-corrected chi connectivity index (χ1v) is 4.82. The Morgan fingerprint density at radius 2 is 2.00 bits per heavy atom. The molecule has 0 saturated carbocycles. The van der Waals surface area contributed by atoms with E-state index in [9.17, 15) is 16.8 Å². The van der Waals surface area contributed by atoms with E-state index in [0.717, 1.165) is 0 Å². The molecule has 0 spiro atoms. The zero-order chi connectivity index (χ0) is 8.20. The van der Waals surface area contributed by atoms with Crippen molar-refractivity contribution in [2.45, 2.75) is 6.92 Å². The summed E-state index contributed by atoms with van der Waals surface area (Å²) in [5.74, 6) is 0. The van der Waals surface area contributed by atoms with Crippen molar-refractivity contribution in [3.05, 3.63) is 0 Å². The summed E-state index contributed by atoms with van der Waals surface area (Å²) >= 11 is 0. The van der Waals surface area contributed by atoms with Crippen LogP contribution in [0.3, 0.4) is 0 Å². The Bertz CT molecular complexity index is 243. The average Bonchev–Trinajstić information content (AvgIpc) is 1.59. The number of nitrogens with one attached hydrogen (secondary N) is 1. The highest BCUT2D eigenvalue weighted by Gasteiger charge is 2.08. The van der Waals surface area contributed by atoms with E-state index in [1.54, 1.807) is 0 Å². The first kappa shape index (κ1) is 9.82. The Morgan fingerprint density at radius 1 is 1.50 bits per heavy atom. The highest BCUT2D eigenvalue weighted by atomic mass is 32.3. The molecular formula is C2H7NO5S2. The van der Waals surface area contributed by atoms with Gasteiger partial charge in [-0.2, -0.15) is 13.1 Å². The molecule has 0 aliphatic carbocycles. The number of hydrogen-bond donors (Lipinski definition) is 2. The van der Waals surface area contributed by atoms with Gasteiger partial charge in [-0.3, -0.25) is 0 Å². The molecular weight excluding hydrogens is 182 g/mol. The maximum atomic E-state index is 10.3. The second-order valence-electron chi connectivity index (χ2n) is 1.25. The molecule has 0 bridgehead atoms. The summed E-state index contributed by atoms with van der Waals surface area (Å²) in [6.07, 6.45) is 0. The van der Waals surface area contributed by atoms with E-state index in [1.807, 2.05) is 4.72 Å². The molecule has 0 amide bonds. The molecule has 0 unspecified atom stereocenters. The van der Waals surface area contributed by atoms with Gasteiger partial charge in [0, 0.05) is 6.54 Å². The Morgan fingerprint density at radius 3 is 2.30 bits per heavy atom. The van der Waals surface area contributed by atoms with Gasteiger partial charge in [0.2, 0.25) is 0 Å². The summed E-state index contributed by atoms with van der Waals surface area (Å²) in [5.41, 5.74) is 0. The largest absolute Gasteiger partial charge is 0.350 e. The molecule has 6 nitrogen and oxygen atoms in total. The Labute approximate surface area is 60.6 Å². The van der Waals surface area contributed by atoms with Gasteiger partial charge in [0.05, 0.1) is 0 Å². The molecule has 1 N–H and O–H groups in total. The third-order valence-corrected chi connectivity index (χ3v) is 2.39. The maximum absolute atomic E-state index is 10.3. The summed E-state index contributed by atoms with van der Waals surface area (Å²) in [5, 5.41) is 0. The molecule has 0 aromatic rings. The molecule has 0 aromatic carbocycles. The predicted molar refractivity (Wildman–Crippen MR) is 34.0 cm³/mol. The smallest absolute Gasteiger partial charge is 0.201 e. The van der Waals surface area contributed by atoms with Gasteiger partial charge < -0.3 is 0 Å². The molecule has 0 heterocycles. The van der Waals surface area contributed by atoms with Crippen molar-refractivity contribution in [3.63, 3.8) is 0 Å². The fourth-order valence-corrected chi connectivity index (χ4v) is 1.49. The van der Waals surface area contributed by atoms with Gasteiger partial charge in [0.15, 0.2) is 0 Å². The molecule has 10 heavy (non-hydrogen) atoms. The molecule has 0 aromatic heterocycles. The third-order valence-electron chi connectivity index (χ3n) is 0.480. The Kier molecular flexibility index (Phi) is 3.79. The molecule has 0 radical (unpaired) electrons. The van der Waals surface area contributed by atoms with Crippen molar-refractivity contribution < 1.29 is 20.5 Å². The van der Waals surface area contributed by atoms with Gasteiger partial charge in [0.1, 0.15) is 0 Å². The zero-order valence-corrected chi connectivity index (χ0v) is 6.81. The lowest BCUT2D eigenvalue weighted by Gasteiger charge is -1.96. The van der Waals surface area contributed by atoms with Crippen LogP contribution in [-0.2, 0) is 24.9 Å². The SMILES string of the molecule is CCNS(=O)(=O)O[SH](=O)=O. The standard InChI is InChI=1S/C2H7NO5S2/c1-2-3-10(6,7)8-9(4)5/h3,9H,2H2,1H3. The molecule has 0 aliphatic rings. The van der Waals surface area contributed by atoms with E-state index in [0.29, 0.717) is 0 Å². The van der Waals surface area contributed by atoms with Crippen molar-refractivity contribution in [2.24, 2.45) is 0 Å². The minimum atomic E-state index is -4.08. The van der Waals surface area contributed by atoms with E-state index in [1.165, 1.54) is 6.92 Å². The van der Waals surface area contributed by atoms with Crippen molar-refractivity contribution >= 4 is 21.3 Å². The van der Waals surface area contributed by atoms with Crippen LogP contribution in [0.1, 0.15) is 6.92 Å². The first-order valence-electron chi connectivity index (χ1n) is 2.31. The van der Waals surface area contributed by atoms with Crippen LogP contribution in [-0.4, -0.2) is 23.4 Å². The number of thiol groups is 1. The summed E-state index contributed by atoms with van der Waals surface area (Å²) in [6, 6.07) is 0. The van der Waals surface area contributed by atoms with Gasteiger partial charge in [-0.15, -0.1) is 3.63 Å². The summed E-state index contributed by atoms with van der Waals surface area (Å²) < 4.78 is 45.3. The molecule has 0 saturated heterocycles. The minimum Gasteiger partial charge on any atom is -0.201 e. The lowest BCUT2D eigenvalue weighted by atomic mass is 10.8. The zero-order valence-electron chi connectivity index (χ0n) is 5.10. The van der Waals surface area contributed by atoms with Crippen LogP contribution >= 0.6 is 0 Å². The topological polar surface area (TPSA) is 89.5 Å². The van der Waals surface area contributed by atoms with Crippen LogP contribution in [0, 0.1) is 0 Å². The monoisotopic (exact) mass is 189 g/mol. The minimum absolute atomic E-state index is 0.0888. The van der Waals surface area contributed by atoms with Gasteiger partial charge in [-0.25, -0.2) is 8.42 Å². The fourth-order valence-electron chi connectivity index (χ4n) is 0.283. The summed E-state index contributed by atoms with van der Waals surface area (Å²) in [4.78, 5) is 0. The van der Waals surface area contributed by atoms with Crippen molar-refractivity contribution in [1.82, 2.24) is 4.72 Å². The van der Waals surface area contributed by atoms with Crippen LogP contribution in [0.25, 0.3) is 0 Å². The second kappa shape index (κ2) is 3.86. The lowest BCUT2D eigenvalue weighted by Crippen LogP contribution is -2.24. The molecule has 0 atom stereocenters. The highest BCUT2D eigenvalue weighted by Crippen LogP contribution is 1.84. The van der Waals surface area contributed by atoms with E-state index in [-0.39, 0.29) is 6.54 Å². The molecule has 0 aliphatic heterocycles. The van der Waals surface area contributed by atoms with E-state index in [2.05, 4.69) is 3.63 Å². The van der Waals surface area contributed by atoms with E-state index >= 15 is 0 Å². The van der Waals surface area contributed by atoms with Crippen LogP contribution in [0.5, 0.6) is 0 Å². The Balaban J connectivity index is 4.15. The molecule has 0 rings (SSSR count). The van der Waals surface area contributed by atoms with Crippen LogP contribution in [0.4, 0.5) is 0 Å². The Hall–Kier alpha value is -0.180. The van der Waals surface area contributed by atoms with Crippen molar-refractivity contribution in [1.29, 1.82) is 0 Å². The van der Waals surface area contributed by atoms with Crippen LogP contribution in [0.2, 0.25) is 0 Å². The van der Waals surface area contributed by atoms with Gasteiger partial charge in [-0.1, -0.05) is 6.92 Å². The normalized spacial score (nSPS) is 12.2. The fraction of sp³-hybridized carbons (Fsp3) is 1.00. The predicted octanol–water partition coefficient (Wildman–Crippen LogP) is -1.62. The van der Waals surface area contributed by atoms with E-state index < -0.39 is 21.3 Å². The first-order chi connectivity index (χ1) is 4.48. The summed E-state index contributed by atoms with van der Waals surface area (Å²) in [7, 11) is -7.43. The van der Waals surface area contributed by atoms with Crippen LogP contribution < -0.4 is 4.72 Å². The molecule has 0 fully saturated rings. The van der Waals surface area contributed by atoms with Gasteiger partial charge in [-0.05, 0) is 0 Å². The van der Waals surface area contributed by atoms with Gasteiger partial charge >= 0.3 is 10.3 Å². The second-order valence-corrected chi connectivity index (χ2v) is 3.49. The highest BCUT2D eigenvalue weighted by molar-refractivity contribution is 7.92. The molecule has 8 heteroatoms. The number of hydrogen-bond acceptors (Lipinski definition) is 5. The maximum Gasteiger partial charge on any atom is 0.350 e. The van der Waals surface area contributed by atoms with Gasteiger partial charge in [0.25, 0.3) is 11.0 Å². The summed E-state index contributed by atoms with van der Waals surface area (Å²) in [6.45, 7) is 1.59. The third kappa shape index (κ3) is 4.68. The molecule has 62 valence electrons. The average molecular weight is 189 g/mol. The van der Waals surface area contributed by atoms with Crippen LogP contribution in [0.15, 0.2) is 0 Å². The van der Waals surface area contributed by atoms with E-state index in [4.69, 9.17) is 0 Å². The lowest BCUT2D eigenvalue weighted by molar-refractivity contribution is 0.467. The number of rotatable bonds is 4.